The van der Waals surface area contributed by atoms with Gasteiger partial charge in [-0.2, -0.15) is 0 Å². The fraction of sp³-hybridized carbons (Fsp3) is 0.667. The number of aryl methyl sites for hydroxylation is 1. The van der Waals surface area contributed by atoms with Gasteiger partial charge in [-0.3, -0.25) is 0 Å². The summed E-state index contributed by atoms with van der Waals surface area (Å²) in [6, 6.07) is 9.95. The quantitative estimate of drug-likeness (QED) is 0.790. The first-order valence-corrected chi connectivity index (χ1v) is 10.3. The fourth-order valence-corrected chi connectivity index (χ4v) is 4.79. The first-order chi connectivity index (χ1) is 12.0. The van der Waals surface area contributed by atoms with Crippen LogP contribution in [0.5, 0.6) is 0 Å². The Balaban J connectivity index is 1.49. The molecular formula is C21H33N3S. The molecule has 138 valence electrons. The summed E-state index contributed by atoms with van der Waals surface area (Å²) in [7, 11) is 2.36. The maximum Gasteiger partial charge on any atom is 0.173 e. The van der Waals surface area contributed by atoms with E-state index >= 15 is 0 Å². The SMILES string of the molecule is Cc1ccc(NC(=S)N2CCC(N(C)[C@@H]3CCCC[C@@H]3C)CC2)cc1. The normalized spacial score (nSPS) is 25.2. The summed E-state index contributed by atoms with van der Waals surface area (Å²) in [4.78, 5) is 5.03. The number of hydrogen-bond donors (Lipinski definition) is 1. The molecule has 4 heteroatoms. The van der Waals surface area contributed by atoms with Crippen LogP contribution < -0.4 is 5.32 Å². The van der Waals surface area contributed by atoms with Gasteiger partial charge >= 0.3 is 0 Å². The molecule has 0 radical (unpaired) electrons. The molecule has 3 nitrogen and oxygen atoms in total. The molecule has 1 aliphatic heterocycles. The Morgan fingerprint density at radius 1 is 1.08 bits per heavy atom. The second kappa shape index (κ2) is 8.50. The number of piperidine rings is 1. The van der Waals surface area contributed by atoms with Gasteiger partial charge in [0.05, 0.1) is 0 Å². The van der Waals surface area contributed by atoms with Crippen LogP contribution in [-0.4, -0.2) is 47.1 Å². The van der Waals surface area contributed by atoms with E-state index in [4.69, 9.17) is 12.2 Å². The van der Waals surface area contributed by atoms with E-state index in [1.54, 1.807) is 0 Å². The molecular weight excluding hydrogens is 326 g/mol. The number of rotatable bonds is 3. The summed E-state index contributed by atoms with van der Waals surface area (Å²) in [5.74, 6) is 0.848. The summed E-state index contributed by atoms with van der Waals surface area (Å²) in [5, 5.41) is 4.27. The minimum Gasteiger partial charge on any atom is -0.349 e. The van der Waals surface area contributed by atoms with Crippen molar-refractivity contribution in [2.75, 3.05) is 25.5 Å². The standard InChI is InChI=1S/C21H33N3S/c1-16-8-10-18(11-9-16)22-21(25)24-14-12-19(13-15-24)23(3)20-7-5-4-6-17(20)2/h8-11,17,19-20H,4-7,12-15H2,1-3H3,(H,22,25)/t17-,20+/m0/s1. The summed E-state index contributed by atoms with van der Waals surface area (Å²) < 4.78 is 0. The average molecular weight is 360 g/mol. The predicted octanol–water partition coefficient (Wildman–Crippen LogP) is 4.67. The third-order valence-corrected chi connectivity index (χ3v) is 6.58. The number of nitrogens with one attached hydrogen (secondary N) is 1. The maximum atomic E-state index is 5.64. The fourth-order valence-electron chi connectivity index (χ4n) is 4.49. The molecule has 1 aliphatic carbocycles. The molecule has 2 aliphatic rings. The second-order valence-corrected chi connectivity index (χ2v) is 8.40. The Morgan fingerprint density at radius 3 is 2.36 bits per heavy atom. The number of anilines is 1. The van der Waals surface area contributed by atoms with E-state index in [1.165, 1.54) is 44.1 Å². The van der Waals surface area contributed by atoms with Crippen molar-refractivity contribution in [1.29, 1.82) is 0 Å². The first kappa shape index (κ1) is 18.7. The van der Waals surface area contributed by atoms with E-state index in [2.05, 4.69) is 60.3 Å². The molecule has 0 unspecified atom stereocenters. The molecule has 0 amide bonds. The second-order valence-electron chi connectivity index (χ2n) is 8.01. The first-order valence-electron chi connectivity index (χ1n) is 9.89. The van der Waals surface area contributed by atoms with Crippen molar-refractivity contribution in [2.45, 2.75) is 64.5 Å². The van der Waals surface area contributed by atoms with Gasteiger partial charge in [0.1, 0.15) is 0 Å². The van der Waals surface area contributed by atoms with E-state index in [0.29, 0.717) is 6.04 Å². The number of likely N-dealkylation sites (tertiary alicyclic amines) is 1. The van der Waals surface area contributed by atoms with Crippen molar-refractivity contribution >= 4 is 23.0 Å². The van der Waals surface area contributed by atoms with Gasteiger partial charge in [0.15, 0.2) is 5.11 Å². The highest BCUT2D eigenvalue weighted by molar-refractivity contribution is 7.80. The predicted molar refractivity (Wildman–Crippen MR) is 111 cm³/mol. The van der Waals surface area contributed by atoms with Crippen molar-refractivity contribution in [3.63, 3.8) is 0 Å². The van der Waals surface area contributed by atoms with E-state index in [1.807, 2.05) is 0 Å². The maximum absolute atomic E-state index is 5.64. The Morgan fingerprint density at radius 2 is 1.72 bits per heavy atom. The zero-order chi connectivity index (χ0) is 17.8. The minimum absolute atomic E-state index is 0.712. The van der Waals surface area contributed by atoms with Gasteiger partial charge < -0.3 is 15.1 Å². The Kier molecular flexibility index (Phi) is 6.34. The van der Waals surface area contributed by atoms with Crippen LogP contribution in [0.4, 0.5) is 5.69 Å². The molecule has 0 aromatic heterocycles. The molecule has 1 aromatic rings. The van der Waals surface area contributed by atoms with Gasteiger partial charge in [-0.1, -0.05) is 37.5 Å². The van der Waals surface area contributed by atoms with Gasteiger partial charge in [0.2, 0.25) is 0 Å². The monoisotopic (exact) mass is 359 g/mol. The Hall–Kier alpha value is -1.13. The van der Waals surface area contributed by atoms with E-state index in [9.17, 15) is 0 Å². The Bertz CT molecular complexity index is 563. The summed E-state index contributed by atoms with van der Waals surface area (Å²) >= 11 is 5.64. The molecule has 0 spiro atoms. The zero-order valence-corrected chi connectivity index (χ0v) is 16.8. The van der Waals surface area contributed by atoms with Crippen LogP contribution in [-0.2, 0) is 0 Å². The molecule has 0 bridgehead atoms. The third-order valence-electron chi connectivity index (χ3n) is 6.22. The molecule has 1 aromatic carbocycles. The lowest BCUT2D eigenvalue weighted by atomic mass is 9.84. The molecule has 3 rings (SSSR count). The molecule has 1 N–H and O–H groups in total. The van der Waals surface area contributed by atoms with Gasteiger partial charge in [-0.05, 0) is 69.9 Å². The van der Waals surface area contributed by atoms with Crippen LogP contribution in [0.3, 0.4) is 0 Å². The van der Waals surface area contributed by atoms with Gasteiger partial charge in [-0.25, -0.2) is 0 Å². The summed E-state index contributed by atoms with van der Waals surface area (Å²) in [6.07, 6.45) is 8.04. The van der Waals surface area contributed by atoms with Crippen molar-refractivity contribution in [1.82, 2.24) is 9.80 Å². The lowest BCUT2D eigenvalue weighted by Crippen LogP contribution is -2.51. The van der Waals surface area contributed by atoms with Gasteiger partial charge in [0, 0.05) is 30.9 Å². The van der Waals surface area contributed by atoms with Crippen LogP contribution in [0, 0.1) is 12.8 Å². The summed E-state index contributed by atoms with van der Waals surface area (Å²) in [5.41, 5.74) is 2.36. The molecule has 1 heterocycles. The number of hydrogen-bond acceptors (Lipinski definition) is 2. The number of thiocarbonyl (C=S) groups is 1. The molecule has 1 saturated carbocycles. The van der Waals surface area contributed by atoms with Crippen molar-refractivity contribution in [3.05, 3.63) is 29.8 Å². The van der Waals surface area contributed by atoms with Crippen LogP contribution >= 0.6 is 12.2 Å². The topological polar surface area (TPSA) is 18.5 Å². The highest BCUT2D eigenvalue weighted by Gasteiger charge is 2.31. The lowest BCUT2D eigenvalue weighted by Gasteiger charge is -2.44. The lowest BCUT2D eigenvalue weighted by molar-refractivity contribution is 0.0691. The van der Waals surface area contributed by atoms with Gasteiger partial charge in [-0.15, -0.1) is 0 Å². The van der Waals surface area contributed by atoms with Crippen molar-refractivity contribution < 1.29 is 0 Å². The van der Waals surface area contributed by atoms with Crippen molar-refractivity contribution in [3.8, 4) is 0 Å². The largest absolute Gasteiger partial charge is 0.349 e. The highest BCUT2D eigenvalue weighted by atomic mass is 32.1. The molecule has 2 fully saturated rings. The van der Waals surface area contributed by atoms with Crippen LogP contribution in [0.1, 0.15) is 51.0 Å². The smallest absolute Gasteiger partial charge is 0.173 e. The highest BCUT2D eigenvalue weighted by Crippen LogP contribution is 2.30. The molecule has 1 saturated heterocycles. The Labute approximate surface area is 158 Å². The van der Waals surface area contributed by atoms with Crippen LogP contribution in [0.25, 0.3) is 0 Å². The average Bonchev–Trinajstić information content (AvgIpc) is 2.63. The number of nitrogens with zero attached hydrogens (tertiary/aromatic N) is 2. The van der Waals surface area contributed by atoms with Crippen LogP contribution in [0.15, 0.2) is 24.3 Å². The minimum atomic E-state index is 0.712. The van der Waals surface area contributed by atoms with Crippen LogP contribution in [0.2, 0.25) is 0 Å². The van der Waals surface area contributed by atoms with Gasteiger partial charge in [0.25, 0.3) is 0 Å². The van der Waals surface area contributed by atoms with E-state index in [-0.39, 0.29) is 0 Å². The molecule has 2 atom stereocenters. The van der Waals surface area contributed by atoms with Crippen molar-refractivity contribution in [2.24, 2.45) is 5.92 Å². The molecule has 25 heavy (non-hydrogen) atoms. The zero-order valence-electron chi connectivity index (χ0n) is 16.0. The van der Waals surface area contributed by atoms with E-state index in [0.717, 1.165) is 35.8 Å². The van der Waals surface area contributed by atoms with E-state index < -0.39 is 0 Å². The third kappa shape index (κ3) is 4.73. The number of benzene rings is 1. The summed E-state index contributed by atoms with van der Waals surface area (Å²) in [6.45, 7) is 6.67.